The first kappa shape index (κ1) is 30.6. The summed E-state index contributed by atoms with van der Waals surface area (Å²) in [7, 11) is -3.91. The van der Waals surface area contributed by atoms with Crippen molar-refractivity contribution in [2.24, 2.45) is 5.92 Å². The topological polar surface area (TPSA) is 121 Å². The van der Waals surface area contributed by atoms with Gasteiger partial charge in [-0.1, -0.05) is 74.5 Å². The standard InChI is InChI=1S/C29H35N3O7S/c1-19(2)26-28(35)32(25(18-30(26)40(6,37)38)23-15-11-8-12-16-23)31(21(5)33)24(17-22-13-9-7-10-14-22)27(34)29(36)39-20(3)4/h7-16,18-20,24,26H,17H2,1-6H3/t24-,26?/m0/s1. The van der Waals surface area contributed by atoms with E-state index in [4.69, 9.17) is 4.74 Å². The summed E-state index contributed by atoms with van der Waals surface area (Å²) < 4.78 is 31.8. The largest absolute Gasteiger partial charge is 0.457 e. The van der Waals surface area contributed by atoms with Crippen molar-refractivity contribution in [2.75, 3.05) is 6.26 Å². The third-order valence-corrected chi connectivity index (χ3v) is 7.35. The average molecular weight is 570 g/mol. The van der Waals surface area contributed by atoms with E-state index in [2.05, 4.69) is 0 Å². The normalized spacial score (nSPS) is 16.6. The molecule has 1 unspecified atom stereocenters. The van der Waals surface area contributed by atoms with E-state index in [-0.39, 0.29) is 12.1 Å². The number of ether oxygens (including phenoxy) is 1. The number of hydrazine groups is 1. The Morgan fingerprint density at radius 2 is 1.50 bits per heavy atom. The highest BCUT2D eigenvalue weighted by atomic mass is 32.2. The number of nitrogens with zero attached hydrogens (tertiary/aromatic N) is 3. The number of hydrogen-bond acceptors (Lipinski definition) is 7. The van der Waals surface area contributed by atoms with Gasteiger partial charge in [-0.05, 0) is 25.3 Å². The Morgan fingerprint density at radius 1 is 0.950 bits per heavy atom. The molecule has 0 fully saturated rings. The number of carbonyl (C=O) groups excluding carboxylic acids is 4. The van der Waals surface area contributed by atoms with Crippen molar-refractivity contribution in [3.63, 3.8) is 0 Å². The van der Waals surface area contributed by atoms with Crippen molar-refractivity contribution >= 4 is 39.3 Å². The Bertz CT molecular complexity index is 1390. The van der Waals surface area contributed by atoms with Crippen LogP contribution in [0.5, 0.6) is 0 Å². The van der Waals surface area contributed by atoms with Crippen LogP contribution in [0.4, 0.5) is 0 Å². The molecule has 2 aromatic carbocycles. The van der Waals surface area contributed by atoms with Gasteiger partial charge in [0.1, 0.15) is 12.1 Å². The fourth-order valence-electron chi connectivity index (χ4n) is 4.55. The molecule has 40 heavy (non-hydrogen) atoms. The zero-order valence-corrected chi connectivity index (χ0v) is 24.3. The average Bonchev–Trinajstić information content (AvgIpc) is 2.88. The summed E-state index contributed by atoms with van der Waals surface area (Å²) in [6, 6.07) is 14.5. The Hall–Kier alpha value is -3.99. The molecule has 2 atom stereocenters. The van der Waals surface area contributed by atoms with E-state index in [9.17, 15) is 27.6 Å². The molecule has 0 saturated carbocycles. The van der Waals surface area contributed by atoms with E-state index in [1.807, 2.05) is 0 Å². The van der Waals surface area contributed by atoms with Crippen LogP contribution >= 0.6 is 0 Å². The van der Waals surface area contributed by atoms with Gasteiger partial charge in [-0.2, -0.15) is 0 Å². The molecule has 0 aromatic heterocycles. The minimum atomic E-state index is -3.91. The predicted octanol–water partition coefficient (Wildman–Crippen LogP) is 3.01. The summed E-state index contributed by atoms with van der Waals surface area (Å²) in [5.41, 5.74) is 1.12. The lowest BCUT2D eigenvalue weighted by Crippen LogP contribution is -2.64. The van der Waals surface area contributed by atoms with Crippen LogP contribution in [0.25, 0.3) is 5.70 Å². The van der Waals surface area contributed by atoms with Gasteiger partial charge < -0.3 is 4.74 Å². The lowest BCUT2D eigenvalue weighted by Gasteiger charge is -2.46. The monoisotopic (exact) mass is 569 g/mol. The van der Waals surface area contributed by atoms with E-state index in [1.165, 1.54) is 13.1 Å². The van der Waals surface area contributed by atoms with Crippen LogP contribution in [0.3, 0.4) is 0 Å². The maximum Gasteiger partial charge on any atom is 0.377 e. The second kappa shape index (κ2) is 12.5. The third-order valence-electron chi connectivity index (χ3n) is 6.25. The Kier molecular flexibility index (Phi) is 9.52. The maximum absolute atomic E-state index is 14.2. The Balaban J connectivity index is 2.29. The number of carbonyl (C=O) groups is 4. The van der Waals surface area contributed by atoms with Crippen molar-refractivity contribution in [2.45, 2.75) is 59.2 Å². The molecule has 0 bridgehead atoms. The molecule has 2 aromatic rings. The first-order chi connectivity index (χ1) is 18.7. The third kappa shape index (κ3) is 6.77. The molecule has 1 aliphatic heterocycles. The fraction of sp³-hybridized carbons (Fsp3) is 0.379. The number of amides is 2. The van der Waals surface area contributed by atoms with Gasteiger partial charge in [-0.25, -0.2) is 23.2 Å². The summed E-state index contributed by atoms with van der Waals surface area (Å²) in [5, 5.41) is 1.99. The highest BCUT2D eigenvalue weighted by Gasteiger charge is 2.48. The molecule has 1 aliphatic rings. The highest BCUT2D eigenvalue weighted by Crippen LogP contribution is 2.34. The van der Waals surface area contributed by atoms with Crippen LogP contribution in [0.15, 0.2) is 66.9 Å². The number of hydrogen-bond donors (Lipinski definition) is 0. The number of ketones is 1. The van der Waals surface area contributed by atoms with Crippen LogP contribution < -0.4 is 0 Å². The van der Waals surface area contributed by atoms with Gasteiger partial charge in [0.05, 0.1) is 18.1 Å². The number of esters is 1. The lowest BCUT2D eigenvalue weighted by atomic mass is 9.98. The number of Topliss-reactive ketones (excluding diaryl/α,β-unsaturated/α-hetero) is 1. The highest BCUT2D eigenvalue weighted by molar-refractivity contribution is 7.88. The first-order valence-corrected chi connectivity index (χ1v) is 14.8. The molecule has 0 N–H and O–H groups in total. The predicted molar refractivity (Wildman–Crippen MR) is 149 cm³/mol. The SMILES string of the molecule is CC(=O)N([C@@H](Cc1ccccc1)C(=O)C(=O)OC(C)C)N1C(=O)C(C(C)C)N(S(C)(=O)=O)C=C1c1ccccc1. The molecule has 11 heteroatoms. The van der Waals surface area contributed by atoms with Crippen molar-refractivity contribution in [3.05, 3.63) is 78.0 Å². The van der Waals surface area contributed by atoms with E-state index in [0.29, 0.717) is 11.1 Å². The van der Waals surface area contributed by atoms with Gasteiger partial charge in [-0.15, -0.1) is 0 Å². The van der Waals surface area contributed by atoms with Crippen LogP contribution in [0.2, 0.25) is 0 Å². The van der Waals surface area contributed by atoms with Gasteiger partial charge in [0.2, 0.25) is 15.9 Å². The summed E-state index contributed by atoms with van der Waals surface area (Å²) in [6.07, 6.45) is 1.60. The van der Waals surface area contributed by atoms with Crippen molar-refractivity contribution in [3.8, 4) is 0 Å². The molecular weight excluding hydrogens is 534 g/mol. The molecule has 214 valence electrons. The summed E-state index contributed by atoms with van der Waals surface area (Å²) in [4.78, 5) is 54.1. The van der Waals surface area contributed by atoms with E-state index in [1.54, 1.807) is 88.4 Å². The second-order valence-corrected chi connectivity index (χ2v) is 12.1. The van der Waals surface area contributed by atoms with Crippen molar-refractivity contribution < 1.29 is 32.3 Å². The molecule has 0 radical (unpaired) electrons. The van der Waals surface area contributed by atoms with Gasteiger partial charge in [0.15, 0.2) is 0 Å². The summed E-state index contributed by atoms with van der Waals surface area (Å²) >= 11 is 0. The quantitative estimate of drug-likeness (QED) is 0.319. The lowest BCUT2D eigenvalue weighted by molar-refractivity contribution is -0.171. The summed E-state index contributed by atoms with van der Waals surface area (Å²) in [6.45, 7) is 7.74. The first-order valence-electron chi connectivity index (χ1n) is 12.9. The van der Waals surface area contributed by atoms with Crippen LogP contribution in [-0.4, -0.2) is 70.8 Å². The van der Waals surface area contributed by atoms with Gasteiger partial charge in [-0.3, -0.25) is 18.7 Å². The Morgan fingerprint density at radius 3 is 1.98 bits per heavy atom. The molecule has 2 amide bonds. The number of benzene rings is 2. The van der Waals surface area contributed by atoms with Gasteiger partial charge >= 0.3 is 5.97 Å². The maximum atomic E-state index is 14.2. The minimum Gasteiger partial charge on any atom is -0.457 e. The van der Waals surface area contributed by atoms with Crippen LogP contribution in [0.1, 0.15) is 45.7 Å². The minimum absolute atomic E-state index is 0.0613. The molecule has 3 rings (SSSR count). The zero-order chi connectivity index (χ0) is 29.8. The van der Waals surface area contributed by atoms with E-state index >= 15 is 0 Å². The number of rotatable bonds is 10. The van der Waals surface area contributed by atoms with Crippen molar-refractivity contribution in [1.29, 1.82) is 0 Å². The molecule has 0 spiro atoms. The molecule has 0 aliphatic carbocycles. The molecule has 1 heterocycles. The van der Waals surface area contributed by atoms with Gasteiger partial charge in [0.25, 0.3) is 11.7 Å². The van der Waals surface area contributed by atoms with Gasteiger partial charge in [0, 0.05) is 25.1 Å². The fourth-order valence-corrected chi connectivity index (χ4v) is 5.59. The summed E-state index contributed by atoms with van der Waals surface area (Å²) in [5.74, 6) is -4.09. The molecular formula is C29H35N3O7S. The zero-order valence-electron chi connectivity index (χ0n) is 23.5. The van der Waals surface area contributed by atoms with Crippen molar-refractivity contribution in [1.82, 2.24) is 14.3 Å². The van der Waals surface area contributed by atoms with E-state index in [0.717, 1.165) is 20.6 Å². The number of sulfonamides is 1. The van der Waals surface area contributed by atoms with Crippen LogP contribution in [-0.2, 0) is 40.4 Å². The Labute approximate surface area is 235 Å². The van der Waals surface area contributed by atoms with E-state index < -0.39 is 57.7 Å². The molecule has 0 saturated heterocycles. The smallest absolute Gasteiger partial charge is 0.377 e. The molecule has 10 nitrogen and oxygen atoms in total. The second-order valence-electron chi connectivity index (χ2n) is 10.2. The van der Waals surface area contributed by atoms with Crippen LogP contribution in [0, 0.1) is 5.92 Å².